The minimum absolute atomic E-state index is 0.694. The zero-order valence-electron chi connectivity index (χ0n) is 10.4. The van der Waals surface area contributed by atoms with E-state index in [9.17, 15) is 0 Å². The van der Waals surface area contributed by atoms with Gasteiger partial charge in [-0.1, -0.05) is 0 Å². The van der Waals surface area contributed by atoms with E-state index >= 15 is 0 Å². The van der Waals surface area contributed by atoms with Crippen molar-refractivity contribution in [3.8, 4) is 5.75 Å². The van der Waals surface area contributed by atoms with Crippen LogP contribution in [-0.2, 0) is 13.6 Å². The molecular weight excluding hydrogens is 280 g/mol. The van der Waals surface area contributed by atoms with Crippen molar-refractivity contribution in [1.29, 1.82) is 0 Å². The molecule has 0 radical (unpaired) electrons. The van der Waals surface area contributed by atoms with Crippen molar-refractivity contribution in [1.82, 2.24) is 9.88 Å². The van der Waals surface area contributed by atoms with Crippen LogP contribution in [-0.4, -0.2) is 18.2 Å². The van der Waals surface area contributed by atoms with Crippen LogP contribution in [0.15, 0.2) is 22.7 Å². The van der Waals surface area contributed by atoms with Crippen LogP contribution in [0.25, 0.3) is 10.9 Å². The van der Waals surface area contributed by atoms with Crippen molar-refractivity contribution in [3.05, 3.63) is 28.4 Å². The second-order valence-electron chi connectivity index (χ2n) is 3.96. The molecule has 0 saturated heterocycles. The quantitative estimate of drug-likeness (QED) is 0.938. The van der Waals surface area contributed by atoms with E-state index in [1.807, 2.05) is 20.0 Å². The van der Waals surface area contributed by atoms with Gasteiger partial charge in [-0.3, -0.25) is 0 Å². The molecule has 0 unspecified atom stereocenters. The van der Waals surface area contributed by atoms with Crippen LogP contribution in [0.4, 0.5) is 0 Å². The largest absolute Gasteiger partial charge is 0.494 e. The second-order valence-corrected chi connectivity index (χ2v) is 4.75. The maximum atomic E-state index is 5.53. The number of fused-ring (bicyclic) bond motifs is 1. The SMILES string of the molecule is CCOc1ccc2c(c1)c(Br)c(CNC)n2C. The molecule has 1 aromatic carbocycles. The summed E-state index contributed by atoms with van der Waals surface area (Å²) in [6.45, 7) is 3.53. The number of hydrogen-bond donors (Lipinski definition) is 1. The van der Waals surface area contributed by atoms with E-state index in [2.05, 4.69) is 45.0 Å². The van der Waals surface area contributed by atoms with Gasteiger partial charge in [-0.05, 0) is 48.1 Å². The van der Waals surface area contributed by atoms with Gasteiger partial charge in [0.2, 0.25) is 0 Å². The molecule has 92 valence electrons. The molecule has 0 saturated carbocycles. The third kappa shape index (κ3) is 2.19. The number of ether oxygens (including phenoxy) is 1. The number of nitrogens with zero attached hydrogens (tertiary/aromatic N) is 1. The van der Waals surface area contributed by atoms with E-state index in [-0.39, 0.29) is 0 Å². The molecule has 0 fully saturated rings. The van der Waals surface area contributed by atoms with Gasteiger partial charge in [-0.25, -0.2) is 0 Å². The van der Waals surface area contributed by atoms with Gasteiger partial charge in [-0.15, -0.1) is 0 Å². The van der Waals surface area contributed by atoms with Crippen molar-refractivity contribution in [2.24, 2.45) is 7.05 Å². The molecule has 0 bridgehead atoms. The molecule has 4 heteroatoms. The van der Waals surface area contributed by atoms with Gasteiger partial charge >= 0.3 is 0 Å². The van der Waals surface area contributed by atoms with Crippen LogP contribution in [0, 0.1) is 0 Å². The van der Waals surface area contributed by atoms with Crippen LogP contribution in [0.3, 0.4) is 0 Å². The Morgan fingerprint density at radius 3 is 2.82 bits per heavy atom. The summed E-state index contributed by atoms with van der Waals surface area (Å²) in [7, 11) is 4.04. The maximum Gasteiger partial charge on any atom is 0.120 e. The van der Waals surface area contributed by atoms with Crippen molar-refractivity contribution in [2.75, 3.05) is 13.7 Å². The summed E-state index contributed by atoms with van der Waals surface area (Å²) in [5.41, 5.74) is 2.46. The van der Waals surface area contributed by atoms with E-state index in [4.69, 9.17) is 4.74 Å². The van der Waals surface area contributed by atoms with Gasteiger partial charge in [0.05, 0.1) is 6.61 Å². The van der Waals surface area contributed by atoms with E-state index in [1.165, 1.54) is 16.6 Å². The van der Waals surface area contributed by atoms with Gasteiger partial charge < -0.3 is 14.6 Å². The topological polar surface area (TPSA) is 26.2 Å². The summed E-state index contributed by atoms with van der Waals surface area (Å²) in [5.74, 6) is 0.919. The third-order valence-corrected chi connectivity index (χ3v) is 3.76. The maximum absolute atomic E-state index is 5.53. The Bertz CT molecular complexity index is 534. The number of rotatable bonds is 4. The molecule has 2 rings (SSSR count). The Hall–Kier alpha value is -1.00. The first-order chi connectivity index (χ1) is 8.19. The van der Waals surface area contributed by atoms with Crippen LogP contribution in [0.2, 0.25) is 0 Å². The fraction of sp³-hybridized carbons (Fsp3) is 0.385. The fourth-order valence-corrected chi connectivity index (χ4v) is 2.78. The van der Waals surface area contributed by atoms with Crippen molar-refractivity contribution < 1.29 is 4.74 Å². The lowest BCUT2D eigenvalue weighted by Crippen LogP contribution is -2.09. The number of halogens is 1. The van der Waals surface area contributed by atoms with E-state index < -0.39 is 0 Å². The van der Waals surface area contributed by atoms with Crippen molar-refractivity contribution in [3.63, 3.8) is 0 Å². The lowest BCUT2D eigenvalue weighted by Gasteiger charge is -2.04. The average molecular weight is 297 g/mol. The Morgan fingerprint density at radius 2 is 2.18 bits per heavy atom. The molecule has 1 aromatic heterocycles. The first-order valence-corrected chi connectivity index (χ1v) is 6.52. The van der Waals surface area contributed by atoms with Gasteiger partial charge in [0.15, 0.2) is 0 Å². The summed E-state index contributed by atoms with van der Waals surface area (Å²) >= 11 is 3.67. The highest BCUT2D eigenvalue weighted by atomic mass is 79.9. The zero-order chi connectivity index (χ0) is 12.4. The third-order valence-electron chi connectivity index (χ3n) is 2.88. The Labute approximate surface area is 110 Å². The molecule has 1 heterocycles. The Kier molecular flexibility index (Phi) is 3.74. The van der Waals surface area contributed by atoms with E-state index in [0.717, 1.165) is 16.8 Å². The zero-order valence-corrected chi connectivity index (χ0v) is 12.0. The molecule has 3 nitrogen and oxygen atoms in total. The number of hydrogen-bond acceptors (Lipinski definition) is 2. The van der Waals surface area contributed by atoms with Crippen LogP contribution in [0.5, 0.6) is 5.75 Å². The smallest absolute Gasteiger partial charge is 0.120 e. The lowest BCUT2D eigenvalue weighted by atomic mass is 10.2. The summed E-state index contributed by atoms with van der Waals surface area (Å²) in [6, 6.07) is 6.20. The Balaban J connectivity index is 2.57. The first-order valence-electron chi connectivity index (χ1n) is 5.73. The summed E-state index contributed by atoms with van der Waals surface area (Å²) in [5, 5.41) is 4.38. The highest BCUT2D eigenvalue weighted by molar-refractivity contribution is 9.10. The number of aryl methyl sites for hydroxylation is 1. The van der Waals surface area contributed by atoms with Gasteiger partial charge in [0.25, 0.3) is 0 Å². The summed E-state index contributed by atoms with van der Waals surface area (Å²) in [6.07, 6.45) is 0. The molecule has 2 aromatic rings. The highest BCUT2D eigenvalue weighted by Gasteiger charge is 2.12. The minimum atomic E-state index is 0.694. The Morgan fingerprint density at radius 1 is 1.41 bits per heavy atom. The molecule has 1 N–H and O–H groups in total. The van der Waals surface area contributed by atoms with Crippen LogP contribution in [0.1, 0.15) is 12.6 Å². The summed E-state index contributed by atoms with van der Waals surface area (Å²) in [4.78, 5) is 0. The normalized spacial score (nSPS) is 11.1. The monoisotopic (exact) mass is 296 g/mol. The first kappa shape index (κ1) is 12.5. The molecule has 0 aliphatic heterocycles. The molecule has 0 atom stereocenters. The standard InChI is InChI=1S/C13H17BrN2O/c1-4-17-9-5-6-11-10(7-9)13(14)12(8-15-2)16(11)3/h5-7,15H,4,8H2,1-3H3. The van der Waals surface area contributed by atoms with Gasteiger partial charge in [0, 0.05) is 34.7 Å². The molecule has 0 spiro atoms. The number of nitrogens with one attached hydrogen (secondary N) is 1. The number of benzene rings is 1. The van der Waals surface area contributed by atoms with Crippen molar-refractivity contribution >= 4 is 26.8 Å². The minimum Gasteiger partial charge on any atom is -0.494 e. The predicted molar refractivity (Wildman–Crippen MR) is 74.6 cm³/mol. The van der Waals surface area contributed by atoms with Crippen LogP contribution < -0.4 is 10.1 Å². The van der Waals surface area contributed by atoms with Gasteiger partial charge in [0.1, 0.15) is 5.75 Å². The lowest BCUT2D eigenvalue weighted by molar-refractivity contribution is 0.340. The summed E-state index contributed by atoms with van der Waals surface area (Å²) < 4.78 is 8.88. The molecule has 0 aliphatic carbocycles. The van der Waals surface area contributed by atoms with Gasteiger partial charge in [-0.2, -0.15) is 0 Å². The highest BCUT2D eigenvalue weighted by Crippen LogP contribution is 2.32. The molecule has 0 aliphatic rings. The van der Waals surface area contributed by atoms with Crippen molar-refractivity contribution in [2.45, 2.75) is 13.5 Å². The fourth-order valence-electron chi connectivity index (χ4n) is 2.05. The van der Waals surface area contributed by atoms with Crippen LogP contribution >= 0.6 is 15.9 Å². The molecular formula is C13H17BrN2O. The van der Waals surface area contributed by atoms with E-state index in [0.29, 0.717) is 6.61 Å². The number of aromatic nitrogens is 1. The second kappa shape index (κ2) is 5.10. The molecule has 17 heavy (non-hydrogen) atoms. The predicted octanol–water partition coefficient (Wildman–Crippen LogP) is 3.06. The molecule has 0 amide bonds. The van der Waals surface area contributed by atoms with E-state index in [1.54, 1.807) is 0 Å². The average Bonchev–Trinajstić information content (AvgIpc) is 2.55.